The summed E-state index contributed by atoms with van der Waals surface area (Å²) in [5, 5.41) is 14.7. The second kappa shape index (κ2) is 10.7. The molecule has 45 heavy (non-hydrogen) atoms. The number of hydrogen-bond acceptors (Lipinski definition) is 6. The predicted octanol–water partition coefficient (Wildman–Crippen LogP) is 6.78. The van der Waals surface area contributed by atoms with Gasteiger partial charge < -0.3 is 10.2 Å². The van der Waals surface area contributed by atoms with Crippen molar-refractivity contribution in [3.05, 3.63) is 147 Å². The number of para-hydroxylation sites is 1. The lowest BCUT2D eigenvalue weighted by molar-refractivity contribution is -0.384. The molecular formula is C37H31N3O5. The van der Waals surface area contributed by atoms with Gasteiger partial charge in [0.2, 0.25) is 5.91 Å². The largest absolute Gasteiger partial charge is 0.358 e. The van der Waals surface area contributed by atoms with Crippen LogP contribution in [0, 0.1) is 22.0 Å². The van der Waals surface area contributed by atoms with E-state index in [9.17, 15) is 24.5 Å². The van der Waals surface area contributed by atoms with Crippen LogP contribution in [0.15, 0.2) is 103 Å². The molecule has 7 rings (SSSR count). The van der Waals surface area contributed by atoms with Gasteiger partial charge in [-0.1, -0.05) is 92.7 Å². The van der Waals surface area contributed by atoms with Crippen LogP contribution in [0.25, 0.3) is 6.08 Å². The first-order valence-corrected chi connectivity index (χ1v) is 15.1. The number of non-ortho nitro benzene ring substituents is 1. The molecule has 3 heterocycles. The molecule has 8 heteroatoms. The Balaban J connectivity index is 1.48. The van der Waals surface area contributed by atoms with E-state index in [-0.39, 0.29) is 22.9 Å². The van der Waals surface area contributed by atoms with Crippen molar-refractivity contribution in [2.45, 2.75) is 37.8 Å². The van der Waals surface area contributed by atoms with Crippen LogP contribution in [0.1, 0.15) is 62.9 Å². The summed E-state index contributed by atoms with van der Waals surface area (Å²) in [5.41, 5.74) is 2.87. The number of rotatable bonds is 7. The first kappa shape index (κ1) is 28.4. The lowest BCUT2D eigenvalue weighted by Gasteiger charge is -2.38. The van der Waals surface area contributed by atoms with Gasteiger partial charge in [0.05, 0.1) is 16.9 Å². The van der Waals surface area contributed by atoms with Gasteiger partial charge in [0.25, 0.3) is 5.69 Å². The molecular weight excluding hydrogens is 566 g/mol. The fourth-order valence-electron chi connectivity index (χ4n) is 7.57. The third-order valence-electron chi connectivity index (χ3n) is 9.35. The molecule has 1 amide bonds. The topological polar surface area (TPSA) is 110 Å². The number of Topliss-reactive ketones (excluding diaryl/α,β-unsaturated/α-hetero) is 2. The lowest BCUT2D eigenvalue weighted by atomic mass is 9.62. The molecule has 1 saturated heterocycles. The number of anilines is 1. The van der Waals surface area contributed by atoms with Gasteiger partial charge in [0, 0.05) is 35.1 Å². The van der Waals surface area contributed by atoms with Crippen molar-refractivity contribution in [1.29, 1.82) is 0 Å². The van der Waals surface area contributed by atoms with E-state index in [0.717, 1.165) is 23.1 Å². The second-order valence-electron chi connectivity index (χ2n) is 12.4. The van der Waals surface area contributed by atoms with Crippen LogP contribution in [-0.2, 0) is 16.6 Å². The Bertz CT molecular complexity index is 1910. The van der Waals surface area contributed by atoms with E-state index in [1.54, 1.807) is 18.3 Å². The minimum atomic E-state index is -1.47. The summed E-state index contributed by atoms with van der Waals surface area (Å²) in [6, 6.07) is 26.2. The minimum absolute atomic E-state index is 0.106. The molecule has 8 nitrogen and oxygen atoms in total. The summed E-state index contributed by atoms with van der Waals surface area (Å²) in [5.74, 6) is -1.86. The lowest BCUT2D eigenvalue weighted by Crippen LogP contribution is -2.49. The van der Waals surface area contributed by atoms with Crippen molar-refractivity contribution >= 4 is 34.9 Å². The summed E-state index contributed by atoms with van der Waals surface area (Å²) in [6.07, 6.45) is 4.53. The van der Waals surface area contributed by atoms with E-state index in [4.69, 9.17) is 0 Å². The number of amides is 1. The number of carbonyl (C=O) groups excluding carboxylic acids is 3. The fraction of sp³-hybridized carbons (Fsp3) is 0.216. The molecule has 0 radical (unpaired) electrons. The Morgan fingerprint density at radius 2 is 1.64 bits per heavy atom. The highest BCUT2D eigenvalue weighted by molar-refractivity contribution is 6.16. The second-order valence-corrected chi connectivity index (χ2v) is 12.4. The number of hydrogen-bond donors (Lipinski definition) is 1. The molecule has 0 aromatic heterocycles. The van der Waals surface area contributed by atoms with Gasteiger partial charge in [0.15, 0.2) is 11.6 Å². The van der Waals surface area contributed by atoms with Crippen LogP contribution < -0.4 is 5.32 Å². The molecule has 1 N–H and O–H groups in total. The molecule has 0 saturated carbocycles. The Kier molecular flexibility index (Phi) is 6.73. The Morgan fingerprint density at radius 3 is 2.40 bits per heavy atom. The van der Waals surface area contributed by atoms with Gasteiger partial charge in [-0.2, -0.15) is 0 Å². The first-order chi connectivity index (χ1) is 21.7. The third kappa shape index (κ3) is 4.31. The van der Waals surface area contributed by atoms with Crippen molar-refractivity contribution in [3.63, 3.8) is 0 Å². The summed E-state index contributed by atoms with van der Waals surface area (Å²) < 4.78 is 0. The van der Waals surface area contributed by atoms with Crippen molar-refractivity contribution < 1.29 is 19.3 Å². The summed E-state index contributed by atoms with van der Waals surface area (Å²) in [6.45, 7) is 4.26. The standard InChI is InChI=1S/C37H31N3O5/c1-22(2)20-23-14-16-25(17-15-23)33(41)31-32(34(42)26-9-7-10-27(21-26)40(44)45)39-19-18-24-8-3-4-11-28(24)35(39)37(31)29-12-5-6-13-30(29)38-36(37)43/h3-19,21-22,31-32,35H,20H2,1-2H3,(H,38,43)/t31-,32-,35-,37-/m1/s1. The van der Waals surface area contributed by atoms with Gasteiger partial charge in [-0.25, -0.2) is 0 Å². The van der Waals surface area contributed by atoms with Gasteiger partial charge in [-0.05, 0) is 46.7 Å². The number of nitro benzene ring substituents is 1. The first-order valence-electron chi connectivity index (χ1n) is 15.1. The predicted molar refractivity (Wildman–Crippen MR) is 171 cm³/mol. The molecule has 224 valence electrons. The molecule has 0 unspecified atom stereocenters. The van der Waals surface area contributed by atoms with Crippen LogP contribution in [-0.4, -0.2) is 33.3 Å². The number of nitrogens with zero attached hydrogens (tertiary/aromatic N) is 2. The van der Waals surface area contributed by atoms with E-state index < -0.39 is 34.1 Å². The number of benzene rings is 4. The van der Waals surface area contributed by atoms with Crippen LogP contribution in [0.3, 0.4) is 0 Å². The van der Waals surface area contributed by atoms with Crippen molar-refractivity contribution in [2.75, 3.05) is 5.32 Å². The van der Waals surface area contributed by atoms with Crippen molar-refractivity contribution in [2.24, 2.45) is 11.8 Å². The van der Waals surface area contributed by atoms with Gasteiger partial charge in [-0.15, -0.1) is 0 Å². The van der Waals surface area contributed by atoms with Gasteiger partial charge in [-0.3, -0.25) is 24.5 Å². The fourth-order valence-corrected chi connectivity index (χ4v) is 7.57. The molecule has 4 aromatic carbocycles. The van der Waals surface area contributed by atoms with Crippen LogP contribution >= 0.6 is 0 Å². The highest BCUT2D eigenvalue weighted by atomic mass is 16.6. The summed E-state index contributed by atoms with van der Waals surface area (Å²) in [4.78, 5) is 57.2. The maximum absolute atomic E-state index is 15.0. The highest BCUT2D eigenvalue weighted by Gasteiger charge is 2.70. The summed E-state index contributed by atoms with van der Waals surface area (Å²) >= 11 is 0. The average Bonchev–Trinajstić information content (AvgIpc) is 3.52. The van der Waals surface area contributed by atoms with Crippen LogP contribution in [0.4, 0.5) is 11.4 Å². The van der Waals surface area contributed by atoms with Crippen LogP contribution in [0.2, 0.25) is 0 Å². The minimum Gasteiger partial charge on any atom is -0.358 e. The van der Waals surface area contributed by atoms with E-state index in [1.165, 1.54) is 24.3 Å². The smallest absolute Gasteiger partial charge is 0.270 e. The highest BCUT2D eigenvalue weighted by Crippen LogP contribution is 2.62. The number of nitrogens with one attached hydrogen (secondary N) is 1. The molecule has 4 aromatic rings. The number of ketones is 2. The zero-order valence-electron chi connectivity index (χ0n) is 24.8. The van der Waals surface area contributed by atoms with Crippen LogP contribution in [0.5, 0.6) is 0 Å². The van der Waals surface area contributed by atoms with Gasteiger partial charge >= 0.3 is 0 Å². The SMILES string of the molecule is CC(C)Cc1ccc(C(=O)[C@H]2[C@H](C(=O)c3cccc([N+](=O)[O-])c3)N3C=Cc4ccccc4[C@@H]3[C@]23C(=O)Nc2ccccc23)cc1. The zero-order chi connectivity index (χ0) is 31.5. The number of fused-ring (bicyclic) bond motifs is 6. The third-order valence-corrected chi connectivity index (χ3v) is 9.35. The molecule has 3 aliphatic rings. The molecule has 1 spiro atoms. The quantitative estimate of drug-likeness (QED) is 0.143. The molecule has 0 aliphatic carbocycles. The van der Waals surface area contributed by atoms with Gasteiger partial charge in [0.1, 0.15) is 11.5 Å². The molecule has 1 fully saturated rings. The van der Waals surface area contributed by atoms with E-state index in [0.29, 0.717) is 22.7 Å². The number of carbonyl (C=O) groups is 3. The van der Waals surface area contributed by atoms with E-state index >= 15 is 0 Å². The maximum atomic E-state index is 15.0. The maximum Gasteiger partial charge on any atom is 0.270 e. The van der Waals surface area contributed by atoms with Crippen molar-refractivity contribution in [1.82, 2.24) is 4.90 Å². The Hall–Kier alpha value is -5.37. The molecule has 0 bridgehead atoms. The summed E-state index contributed by atoms with van der Waals surface area (Å²) in [7, 11) is 0. The normalized spacial score (nSPS) is 22.6. The Morgan fingerprint density at radius 1 is 0.911 bits per heavy atom. The zero-order valence-corrected chi connectivity index (χ0v) is 24.8. The van der Waals surface area contributed by atoms with E-state index in [1.807, 2.05) is 71.6 Å². The average molecular weight is 598 g/mol. The monoisotopic (exact) mass is 597 g/mol. The van der Waals surface area contributed by atoms with Crippen molar-refractivity contribution in [3.8, 4) is 0 Å². The van der Waals surface area contributed by atoms with E-state index in [2.05, 4.69) is 19.2 Å². The number of nitro groups is 1. The Labute approximate surface area is 260 Å². The molecule has 4 atom stereocenters. The molecule has 3 aliphatic heterocycles.